The smallest absolute Gasteiger partial charge is 0.186 e. The normalized spacial score (nSPS) is 12.1. The van der Waals surface area contributed by atoms with E-state index in [1.165, 1.54) is 18.2 Å². The van der Waals surface area contributed by atoms with Crippen LogP contribution in [-0.2, 0) is 0 Å². The number of nitrogens with two attached hydrogens (primary N) is 2. The molecular weight excluding hydrogens is 185 g/mol. The topological polar surface area (TPSA) is 84.6 Å². The summed E-state index contributed by atoms with van der Waals surface area (Å²) in [5.41, 5.74) is 10.6. The third-order valence-corrected chi connectivity index (χ3v) is 1.68. The number of hydrogen-bond acceptors (Lipinski definition) is 2. The third-order valence-electron chi connectivity index (χ3n) is 1.68. The fraction of sp³-hybridized carbons (Fsp3) is 0.222. The summed E-state index contributed by atoms with van der Waals surface area (Å²) in [4.78, 5) is 3.63. The van der Waals surface area contributed by atoms with Crippen molar-refractivity contribution in [3.8, 4) is 0 Å². The highest BCUT2D eigenvalue weighted by Gasteiger charge is 2.06. The van der Waals surface area contributed by atoms with Crippen LogP contribution >= 0.6 is 0 Å². The van der Waals surface area contributed by atoms with Gasteiger partial charge < -0.3 is 16.6 Å². The monoisotopic (exact) mass is 197 g/mol. The summed E-state index contributed by atoms with van der Waals surface area (Å²) in [6.07, 6.45) is -0.882. The van der Waals surface area contributed by atoms with Crippen molar-refractivity contribution in [3.63, 3.8) is 0 Å². The molecule has 0 bridgehead atoms. The lowest BCUT2D eigenvalue weighted by molar-refractivity contribution is 0.187. The third kappa shape index (κ3) is 3.02. The van der Waals surface area contributed by atoms with Crippen molar-refractivity contribution in [1.82, 2.24) is 0 Å². The molecule has 0 spiro atoms. The van der Waals surface area contributed by atoms with Gasteiger partial charge in [0.05, 0.1) is 12.6 Å². The fourth-order valence-electron chi connectivity index (χ4n) is 1.01. The number of benzene rings is 1. The van der Waals surface area contributed by atoms with E-state index >= 15 is 0 Å². The van der Waals surface area contributed by atoms with Crippen molar-refractivity contribution in [3.05, 3.63) is 35.6 Å². The van der Waals surface area contributed by atoms with E-state index in [-0.39, 0.29) is 12.5 Å². The molecule has 0 aliphatic carbocycles. The van der Waals surface area contributed by atoms with E-state index in [1.807, 2.05) is 0 Å². The van der Waals surface area contributed by atoms with Gasteiger partial charge in [0.25, 0.3) is 0 Å². The van der Waals surface area contributed by atoms with Crippen molar-refractivity contribution in [1.29, 1.82) is 0 Å². The lowest BCUT2D eigenvalue weighted by Gasteiger charge is -2.07. The van der Waals surface area contributed by atoms with Gasteiger partial charge in [-0.1, -0.05) is 12.1 Å². The van der Waals surface area contributed by atoms with E-state index in [9.17, 15) is 9.50 Å². The Hall–Kier alpha value is -1.62. The van der Waals surface area contributed by atoms with E-state index in [4.69, 9.17) is 11.5 Å². The molecule has 0 saturated heterocycles. The Balaban J connectivity index is 2.69. The first kappa shape index (κ1) is 10.5. The van der Waals surface area contributed by atoms with Crippen LogP contribution in [0.2, 0.25) is 0 Å². The van der Waals surface area contributed by atoms with E-state index in [1.54, 1.807) is 6.07 Å². The summed E-state index contributed by atoms with van der Waals surface area (Å²) in [5.74, 6) is -0.494. The largest absolute Gasteiger partial charge is 0.386 e. The zero-order valence-electron chi connectivity index (χ0n) is 7.52. The number of halogens is 1. The minimum atomic E-state index is -0.882. The number of nitrogens with zero attached hydrogens (tertiary/aromatic N) is 1. The molecule has 1 aromatic rings. The average molecular weight is 197 g/mol. The number of aliphatic hydroxyl groups is 1. The number of rotatable bonds is 3. The maximum atomic E-state index is 12.7. The number of aliphatic imine (C=N–C) groups is 1. The average Bonchev–Trinajstić information content (AvgIpc) is 2.14. The summed E-state index contributed by atoms with van der Waals surface area (Å²) in [6, 6.07) is 5.67. The highest BCUT2D eigenvalue weighted by atomic mass is 19.1. The van der Waals surface area contributed by atoms with Crippen LogP contribution in [0.3, 0.4) is 0 Å². The van der Waals surface area contributed by atoms with Gasteiger partial charge in [0.2, 0.25) is 0 Å². The second-order valence-corrected chi connectivity index (χ2v) is 2.84. The van der Waals surface area contributed by atoms with Crippen LogP contribution in [0.15, 0.2) is 29.3 Å². The molecule has 0 heterocycles. The quantitative estimate of drug-likeness (QED) is 0.475. The molecule has 76 valence electrons. The summed E-state index contributed by atoms with van der Waals surface area (Å²) in [5, 5.41) is 9.51. The molecule has 0 saturated carbocycles. The molecule has 1 rings (SSSR count). The van der Waals surface area contributed by atoms with Crippen LogP contribution < -0.4 is 11.5 Å². The van der Waals surface area contributed by atoms with Crippen LogP contribution in [-0.4, -0.2) is 17.6 Å². The van der Waals surface area contributed by atoms with Gasteiger partial charge in [0, 0.05) is 0 Å². The number of hydrogen-bond donors (Lipinski definition) is 3. The van der Waals surface area contributed by atoms with Gasteiger partial charge in [-0.25, -0.2) is 4.39 Å². The lowest BCUT2D eigenvalue weighted by Crippen LogP contribution is -2.23. The molecule has 0 aromatic heterocycles. The van der Waals surface area contributed by atoms with Gasteiger partial charge in [-0.2, -0.15) is 0 Å². The Bertz CT molecular complexity index is 337. The van der Waals surface area contributed by atoms with E-state index < -0.39 is 11.9 Å². The van der Waals surface area contributed by atoms with Crippen molar-refractivity contribution >= 4 is 5.96 Å². The molecule has 0 unspecified atom stereocenters. The molecular formula is C9H12FN3O. The zero-order chi connectivity index (χ0) is 10.6. The van der Waals surface area contributed by atoms with Crippen molar-refractivity contribution in [2.45, 2.75) is 6.10 Å². The first-order valence-electron chi connectivity index (χ1n) is 4.08. The van der Waals surface area contributed by atoms with E-state index in [0.717, 1.165) is 0 Å². The first-order chi connectivity index (χ1) is 6.59. The first-order valence-corrected chi connectivity index (χ1v) is 4.08. The maximum absolute atomic E-state index is 12.7. The Morgan fingerprint density at radius 3 is 2.79 bits per heavy atom. The van der Waals surface area contributed by atoms with E-state index in [2.05, 4.69) is 4.99 Å². The summed E-state index contributed by atoms with van der Waals surface area (Å²) in [7, 11) is 0. The minimum absolute atomic E-state index is 0.0335. The molecule has 0 aliphatic rings. The molecule has 0 fully saturated rings. The molecule has 4 nitrogen and oxygen atoms in total. The van der Waals surface area contributed by atoms with Gasteiger partial charge in [-0.15, -0.1) is 0 Å². The molecule has 0 radical (unpaired) electrons. The highest BCUT2D eigenvalue weighted by Crippen LogP contribution is 2.13. The van der Waals surface area contributed by atoms with Crippen LogP contribution in [0.25, 0.3) is 0 Å². The highest BCUT2D eigenvalue weighted by molar-refractivity contribution is 5.75. The summed E-state index contributed by atoms with van der Waals surface area (Å²) >= 11 is 0. The van der Waals surface area contributed by atoms with Crippen LogP contribution in [0.5, 0.6) is 0 Å². The summed E-state index contributed by atoms with van der Waals surface area (Å²) in [6.45, 7) is 0.0335. The van der Waals surface area contributed by atoms with Gasteiger partial charge in [0.15, 0.2) is 5.96 Å². The summed E-state index contributed by atoms with van der Waals surface area (Å²) < 4.78 is 12.7. The lowest BCUT2D eigenvalue weighted by atomic mass is 10.1. The number of guanidine groups is 1. The molecule has 1 atom stereocenters. The molecule has 0 amide bonds. The van der Waals surface area contributed by atoms with Crippen molar-refractivity contribution < 1.29 is 9.50 Å². The van der Waals surface area contributed by atoms with Crippen LogP contribution in [0.4, 0.5) is 4.39 Å². The van der Waals surface area contributed by atoms with Crippen LogP contribution in [0.1, 0.15) is 11.7 Å². The van der Waals surface area contributed by atoms with Crippen molar-refractivity contribution in [2.24, 2.45) is 16.5 Å². The second kappa shape index (κ2) is 4.57. The van der Waals surface area contributed by atoms with Gasteiger partial charge in [-0.05, 0) is 17.7 Å². The van der Waals surface area contributed by atoms with Gasteiger partial charge >= 0.3 is 0 Å². The number of aliphatic hydroxyl groups excluding tert-OH is 1. The Labute approximate surface area is 81.1 Å². The minimum Gasteiger partial charge on any atom is -0.386 e. The van der Waals surface area contributed by atoms with Crippen molar-refractivity contribution in [2.75, 3.05) is 6.54 Å². The second-order valence-electron chi connectivity index (χ2n) is 2.84. The zero-order valence-corrected chi connectivity index (χ0v) is 7.52. The van der Waals surface area contributed by atoms with Gasteiger partial charge in [-0.3, -0.25) is 4.99 Å². The Morgan fingerprint density at radius 2 is 2.21 bits per heavy atom. The molecule has 0 aliphatic heterocycles. The van der Waals surface area contributed by atoms with E-state index in [0.29, 0.717) is 5.56 Å². The molecule has 5 N–H and O–H groups in total. The van der Waals surface area contributed by atoms with Gasteiger partial charge in [0.1, 0.15) is 5.82 Å². The SMILES string of the molecule is NC(N)=NC[C@H](O)c1cccc(F)c1. The Morgan fingerprint density at radius 1 is 1.50 bits per heavy atom. The standard InChI is InChI=1S/C9H12FN3O/c10-7-3-1-2-6(4-7)8(14)5-13-9(11)12/h1-4,8,14H,5H2,(H4,11,12,13)/t8-/m0/s1. The molecule has 1 aromatic carbocycles. The maximum Gasteiger partial charge on any atom is 0.186 e. The fourth-order valence-corrected chi connectivity index (χ4v) is 1.01. The molecule has 5 heteroatoms. The predicted octanol–water partition coefficient (Wildman–Crippen LogP) is 0.133. The molecule has 14 heavy (non-hydrogen) atoms. The predicted molar refractivity (Wildman–Crippen MR) is 52.0 cm³/mol. The van der Waals surface area contributed by atoms with Crippen LogP contribution in [0, 0.1) is 5.82 Å². The Kier molecular flexibility index (Phi) is 3.41.